The van der Waals surface area contributed by atoms with Crippen molar-refractivity contribution in [2.45, 2.75) is 57.7 Å². The molecule has 1 aliphatic heterocycles. The topological polar surface area (TPSA) is 96.5 Å². The molecular formula is C25H31N3O4. The molecule has 3 N–H and O–H groups in total. The van der Waals surface area contributed by atoms with Gasteiger partial charge in [-0.15, -0.1) is 0 Å². The van der Waals surface area contributed by atoms with Crippen LogP contribution in [0.3, 0.4) is 0 Å². The van der Waals surface area contributed by atoms with Crippen LogP contribution in [0.1, 0.15) is 49.5 Å². The van der Waals surface area contributed by atoms with Crippen LogP contribution in [-0.2, 0) is 20.7 Å². The van der Waals surface area contributed by atoms with Crippen molar-refractivity contribution < 1.29 is 19.1 Å². The molecular weight excluding hydrogens is 406 g/mol. The van der Waals surface area contributed by atoms with Crippen molar-refractivity contribution in [3.63, 3.8) is 0 Å². The Hall–Kier alpha value is -3.19. The molecule has 32 heavy (non-hydrogen) atoms. The molecule has 0 spiro atoms. The SMILES string of the molecule is C[C@H](CNC(C)(C)CC(=O)N[C@@H]1CCc2ccccc2NC1=O)OC(=O)c1ccccc1. The molecule has 1 aliphatic rings. The first-order valence-corrected chi connectivity index (χ1v) is 10.9. The van der Waals surface area contributed by atoms with Crippen LogP contribution >= 0.6 is 0 Å². The second-order valence-electron chi connectivity index (χ2n) is 8.83. The molecule has 7 nitrogen and oxygen atoms in total. The highest BCUT2D eigenvalue weighted by Gasteiger charge is 2.28. The van der Waals surface area contributed by atoms with Crippen molar-refractivity contribution >= 4 is 23.5 Å². The Balaban J connectivity index is 1.45. The average Bonchev–Trinajstić information content (AvgIpc) is 2.91. The maximum atomic E-state index is 12.6. The van der Waals surface area contributed by atoms with Crippen LogP contribution in [0.25, 0.3) is 0 Å². The van der Waals surface area contributed by atoms with Gasteiger partial charge in [0, 0.05) is 24.2 Å². The molecule has 2 atom stereocenters. The van der Waals surface area contributed by atoms with E-state index < -0.39 is 11.6 Å². The van der Waals surface area contributed by atoms with E-state index in [1.807, 2.05) is 44.2 Å². The number of carbonyl (C=O) groups is 3. The number of benzene rings is 2. The molecule has 2 aromatic carbocycles. The Bertz CT molecular complexity index is 959. The van der Waals surface area contributed by atoms with Crippen molar-refractivity contribution in [2.24, 2.45) is 0 Å². The Labute approximate surface area is 188 Å². The van der Waals surface area contributed by atoms with Crippen LogP contribution in [0.2, 0.25) is 0 Å². The number of ether oxygens (including phenoxy) is 1. The number of rotatable bonds is 8. The number of fused-ring (bicyclic) bond motifs is 1. The summed E-state index contributed by atoms with van der Waals surface area (Å²) in [5, 5.41) is 9.04. The molecule has 0 aliphatic carbocycles. The number of carbonyl (C=O) groups excluding carboxylic acids is 3. The van der Waals surface area contributed by atoms with Crippen molar-refractivity contribution in [3.05, 3.63) is 65.7 Å². The van der Waals surface area contributed by atoms with Gasteiger partial charge in [0.05, 0.1) is 5.56 Å². The summed E-state index contributed by atoms with van der Waals surface area (Å²) in [6, 6.07) is 15.9. The van der Waals surface area contributed by atoms with Gasteiger partial charge in [-0.3, -0.25) is 9.59 Å². The Kier molecular flexibility index (Phi) is 7.64. The summed E-state index contributed by atoms with van der Waals surface area (Å²) in [4.78, 5) is 37.3. The lowest BCUT2D eigenvalue weighted by molar-refractivity contribution is -0.127. The average molecular weight is 438 g/mol. The van der Waals surface area contributed by atoms with E-state index in [0.717, 1.165) is 11.3 Å². The minimum Gasteiger partial charge on any atom is -0.458 e. The van der Waals surface area contributed by atoms with E-state index in [1.54, 1.807) is 31.2 Å². The third-order valence-electron chi connectivity index (χ3n) is 5.42. The van der Waals surface area contributed by atoms with E-state index in [9.17, 15) is 14.4 Å². The third kappa shape index (κ3) is 6.65. The molecule has 170 valence electrons. The first-order valence-electron chi connectivity index (χ1n) is 10.9. The highest BCUT2D eigenvalue weighted by molar-refractivity contribution is 5.98. The van der Waals surface area contributed by atoms with E-state index in [0.29, 0.717) is 24.9 Å². The number of esters is 1. The minimum absolute atomic E-state index is 0.184. The lowest BCUT2D eigenvalue weighted by atomic mass is 9.99. The molecule has 1 heterocycles. The predicted molar refractivity (Wildman–Crippen MR) is 123 cm³/mol. The Morgan fingerprint density at radius 2 is 1.81 bits per heavy atom. The molecule has 3 rings (SSSR count). The van der Waals surface area contributed by atoms with Crippen LogP contribution in [0.5, 0.6) is 0 Å². The Morgan fingerprint density at radius 3 is 2.56 bits per heavy atom. The number of aryl methyl sites for hydroxylation is 1. The lowest BCUT2D eigenvalue weighted by Gasteiger charge is -2.28. The fourth-order valence-corrected chi connectivity index (χ4v) is 3.64. The summed E-state index contributed by atoms with van der Waals surface area (Å²) >= 11 is 0. The summed E-state index contributed by atoms with van der Waals surface area (Å²) in [5.41, 5.74) is 1.83. The van der Waals surface area contributed by atoms with Crippen LogP contribution < -0.4 is 16.0 Å². The van der Waals surface area contributed by atoms with Crippen LogP contribution in [-0.4, -0.2) is 42.0 Å². The van der Waals surface area contributed by atoms with Crippen molar-refractivity contribution in [1.82, 2.24) is 10.6 Å². The molecule has 0 bridgehead atoms. The molecule has 0 saturated carbocycles. The third-order valence-corrected chi connectivity index (χ3v) is 5.42. The molecule has 2 aromatic rings. The maximum Gasteiger partial charge on any atom is 0.338 e. The first-order chi connectivity index (χ1) is 15.2. The summed E-state index contributed by atoms with van der Waals surface area (Å²) in [6.07, 6.45) is 1.08. The minimum atomic E-state index is -0.573. The van der Waals surface area contributed by atoms with E-state index in [1.165, 1.54) is 0 Å². The quantitative estimate of drug-likeness (QED) is 0.552. The zero-order valence-corrected chi connectivity index (χ0v) is 18.8. The van der Waals surface area contributed by atoms with Gasteiger partial charge in [-0.1, -0.05) is 36.4 Å². The normalized spacial score (nSPS) is 16.8. The van der Waals surface area contributed by atoms with E-state index in [-0.39, 0.29) is 30.3 Å². The lowest BCUT2D eigenvalue weighted by Crippen LogP contribution is -2.50. The molecule has 0 saturated heterocycles. The number of hydrogen-bond acceptors (Lipinski definition) is 5. The Morgan fingerprint density at radius 1 is 1.12 bits per heavy atom. The standard InChI is InChI=1S/C25H31N3O4/c1-17(32-24(31)19-10-5-4-6-11-19)16-26-25(2,3)15-22(29)27-21-14-13-18-9-7-8-12-20(18)28-23(21)30/h4-12,17,21,26H,13-16H2,1-3H3,(H,27,29)(H,28,30)/t17-,21-/m1/s1. The summed E-state index contributed by atoms with van der Waals surface area (Å²) in [6.45, 7) is 6.01. The molecule has 0 fully saturated rings. The van der Waals surface area contributed by atoms with Gasteiger partial charge in [-0.25, -0.2) is 4.79 Å². The fraction of sp³-hybridized carbons (Fsp3) is 0.400. The van der Waals surface area contributed by atoms with Gasteiger partial charge in [-0.05, 0) is 57.4 Å². The van der Waals surface area contributed by atoms with Gasteiger partial charge in [0.15, 0.2) is 0 Å². The number of para-hydroxylation sites is 1. The summed E-state index contributed by atoms with van der Waals surface area (Å²) in [7, 11) is 0. The van der Waals surface area contributed by atoms with Gasteiger partial charge in [0.1, 0.15) is 12.1 Å². The molecule has 7 heteroatoms. The number of nitrogens with one attached hydrogen (secondary N) is 3. The highest BCUT2D eigenvalue weighted by atomic mass is 16.5. The van der Waals surface area contributed by atoms with Crippen LogP contribution in [0.4, 0.5) is 5.69 Å². The van der Waals surface area contributed by atoms with Crippen molar-refractivity contribution in [3.8, 4) is 0 Å². The molecule has 0 radical (unpaired) electrons. The maximum absolute atomic E-state index is 12.6. The fourth-order valence-electron chi connectivity index (χ4n) is 3.64. The summed E-state index contributed by atoms with van der Waals surface area (Å²) < 4.78 is 5.46. The zero-order valence-electron chi connectivity index (χ0n) is 18.8. The van der Waals surface area contributed by atoms with Crippen molar-refractivity contribution in [1.29, 1.82) is 0 Å². The predicted octanol–water partition coefficient (Wildman–Crippen LogP) is 3.06. The monoisotopic (exact) mass is 437 g/mol. The van der Waals surface area contributed by atoms with Crippen molar-refractivity contribution in [2.75, 3.05) is 11.9 Å². The van der Waals surface area contributed by atoms with Gasteiger partial charge in [0.2, 0.25) is 11.8 Å². The highest BCUT2D eigenvalue weighted by Crippen LogP contribution is 2.21. The van der Waals surface area contributed by atoms with E-state index in [2.05, 4.69) is 16.0 Å². The molecule has 0 unspecified atom stereocenters. The number of amides is 2. The van der Waals surface area contributed by atoms with Gasteiger partial charge in [-0.2, -0.15) is 0 Å². The van der Waals surface area contributed by atoms with Gasteiger partial charge >= 0.3 is 5.97 Å². The smallest absolute Gasteiger partial charge is 0.338 e. The van der Waals surface area contributed by atoms with E-state index >= 15 is 0 Å². The second-order valence-corrected chi connectivity index (χ2v) is 8.83. The van der Waals surface area contributed by atoms with Gasteiger partial charge < -0.3 is 20.7 Å². The second kappa shape index (κ2) is 10.4. The molecule has 2 amide bonds. The number of hydrogen-bond donors (Lipinski definition) is 3. The van der Waals surface area contributed by atoms with Gasteiger partial charge in [0.25, 0.3) is 0 Å². The summed E-state index contributed by atoms with van der Waals surface area (Å²) in [5.74, 6) is -0.783. The first kappa shape index (κ1) is 23.5. The van der Waals surface area contributed by atoms with E-state index in [4.69, 9.17) is 4.74 Å². The van der Waals surface area contributed by atoms with Crippen LogP contribution in [0, 0.1) is 0 Å². The van der Waals surface area contributed by atoms with Crippen LogP contribution in [0.15, 0.2) is 54.6 Å². The number of anilines is 1. The molecule has 0 aromatic heterocycles. The largest absolute Gasteiger partial charge is 0.458 e. The zero-order chi connectivity index (χ0) is 23.1.